The first-order chi connectivity index (χ1) is 20.8. The van der Waals surface area contributed by atoms with E-state index in [0.717, 1.165) is 44.5 Å². The van der Waals surface area contributed by atoms with E-state index in [4.69, 9.17) is 14.6 Å². The summed E-state index contributed by atoms with van der Waals surface area (Å²) in [4.78, 5) is 20.3. The molecular weight excluding hydrogens is 556 g/mol. The maximum atomic E-state index is 14.1. The van der Waals surface area contributed by atoms with Crippen molar-refractivity contribution in [2.24, 2.45) is 0 Å². The number of benzene rings is 2. The summed E-state index contributed by atoms with van der Waals surface area (Å²) < 4.78 is 40.9. The lowest BCUT2D eigenvalue weighted by Gasteiger charge is -2.32. The second-order valence-electron chi connectivity index (χ2n) is 11.3. The molecule has 5 rings (SSSR count). The van der Waals surface area contributed by atoms with Gasteiger partial charge in [-0.05, 0) is 43.8 Å². The SMILES string of the molecule is COCCN1CC(NC(=O)Nc2c(C)c(OCCN3CCN(C)CC3)nn2-c2ccccc2)C(c2ccc(F)c(F)c2)C1. The molecule has 0 saturated carbocycles. The molecule has 2 N–H and O–H groups in total. The van der Waals surface area contributed by atoms with Crippen molar-refractivity contribution in [3.05, 3.63) is 71.3 Å². The van der Waals surface area contributed by atoms with E-state index < -0.39 is 17.7 Å². The first-order valence-electron chi connectivity index (χ1n) is 14.7. The normalized spacial score (nSPS) is 19.9. The molecule has 10 nitrogen and oxygen atoms in total. The van der Waals surface area contributed by atoms with Crippen molar-refractivity contribution in [2.45, 2.75) is 18.9 Å². The van der Waals surface area contributed by atoms with E-state index in [-0.39, 0.29) is 12.0 Å². The highest BCUT2D eigenvalue weighted by molar-refractivity contribution is 5.90. The fourth-order valence-corrected chi connectivity index (χ4v) is 5.69. The number of likely N-dealkylation sites (N-methyl/N-ethyl adjacent to an activating group) is 1. The van der Waals surface area contributed by atoms with Crippen molar-refractivity contribution < 1.29 is 23.0 Å². The van der Waals surface area contributed by atoms with Gasteiger partial charge in [0.15, 0.2) is 11.6 Å². The summed E-state index contributed by atoms with van der Waals surface area (Å²) in [5.74, 6) is -1.08. The van der Waals surface area contributed by atoms with Crippen LogP contribution in [0.1, 0.15) is 17.0 Å². The predicted octanol–water partition coefficient (Wildman–Crippen LogP) is 3.32. The van der Waals surface area contributed by atoms with Crippen LogP contribution in [-0.4, -0.2) is 116 Å². The smallest absolute Gasteiger partial charge is 0.320 e. The van der Waals surface area contributed by atoms with Gasteiger partial charge in [0, 0.05) is 65.4 Å². The monoisotopic (exact) mass is 597 g/mol. The number of likely N-dealkylation sites (tertiary alicyclic amines) is 1. The first-order valence-corrected chi connectivity index (χ1v) is 14.7. The van der Waals surface area contributed by atoms with Crippen molar-refractivity contribution in [3.8, 4) is 11.6 Å². The minimum absolute atomic E-state index is 0.230. The zero-order valence-corrected chi connectivity index (χ0v) is 25.1. The highest BCUT2D eigenvalue weighted by atomic mass is 19.2. The third-order valence-electron chi connectivity index (χ3n) is 8.25. The topological polar surface area (TPSA) is 87.1 Å². The number of hydrogen-bond acceptors (Lipinski definition) is 7. The van der Waals surface area contributed by atoms with E-state index in [1.807, 2.05) is 37.3 Å². The van der Waals surface area contributed by atoms with Crippen molar-refractivity contribution >= 4 is 11.8 Å². The lowest BCUT2D eigenvalue weighted by molar-refractivity contribution is 0.132. The van der Waals surface area contributed by atoms with Crippen LogP contribution in [0.2, 0.25) is 0 Å². The zero-order chi connectivity index (χ0) is 30.3. The van der Waals surface area contributed by atoms with Crippen molar-refractivity contribution in [1.29, 1.82) is 0 Å². The van der Waals surface area contributed by atoms with Crippen molar-refractivity contribution in [3.63, 3.8) is 0 Å². The number of aromatic nitrogens is 2. The zero-order valence-electron chi connectivity index (χ0n) is 25.1. The molecule has 2 fully saturated rings. The number of methoxy groups -OCH3 is 1. The number of amides is 2. The Kier molecular flexibility index (Phi) is 10.2. The van der Waals surface area contributed by atoms with E-state index in [0.29, 0.717) is 55.7 Å². The fourth-order valence-electron chi connectivity index (χ4n) is 5.69. The van der Waals surface area contributed by atoms with Gasteiger partial charge in [0.25, 0.3) is 0 Å². The Labute approximate surface area is 251 Å². The number of anilines is 1. The number of ether oxygens (including phenoxy) is 2. The van der Waals surface area contributed by atoms with Gasteiger partial charge in [-0.1, -0.05) is 24.3 Å². The molecule has 0 spiro atoms. The number of nitrogens with zero attached hydrogens (tertiary/aromatic N) is 5. The molecule has 43 heavy (non-hydrogen) atoms. The van der Waals surface area contributed by atoms with Crippen LogP contribution in [0.15, 0.2) is 48.5 Å². The van der Waals surface area contributed by atoms with Gasteiger partial charge in [0.1, 0.15) is 12.4 Å². The standard InChI is InChI=1S/C31H41F2N7O3/c1-22-29(40(24-7-5-4-6-8-24)36-30(22)43-18-16-38-13-11-37(2)12-14-38)35-31(41)34-28-21-39(15-17-42-3)20-25(28)23-9-10-26(32)27(33)19-23/h4-10,19,25,28H,11-18,20-21H2,1-3H3,(H2,34,35,41). The van der Waals surface area contributed by atoms with Gasteiger partial charge in [-0.3, -0.25) is 15.1 Å². The van der Waals surface area contributed by atoms with Gasteiger partial charge >= 0.3 is 6.03 Å². The first kappa shape index (κ1) is 30.9. The number of para-hydroxylation sites is 1. The highest BCUT2D eigenvalue weighted by Crippen LogP contribution is 2.31. The predicted molar refractivity (Wildman–Crippen MR) is 161 cm³/mol. The summed E-state index contributed by atoms with van der Waals surface area (Å²) in [5, 5.41) is 10.8. The van der Waals surface area contributed by atoms with Gasteiger partial charge in [0.05, 0.1) is 23.9 Å². The molecule has 2 atom stereocenters. The second-order valence-corrected chi connectivity index (χ2v) is 11.3. The summed E-state index contributed by atoms with van der Waals surface area (Å²) in [6, 6.07) is 12.7. The second kappa shape index (κ2) is 14.3. The van der Waals surface area contributed by atoms with Crippen molar-refractivity contribution in [2.75, 3.05) is 85.0 Å². The summed E-state index contributed by atoms with van der Waals surface area (Å²) in [5.41, 5.74) is 2.12. The third-order valence-corrected chi connectivity index (χ3v) is 8.25. The maximum absolute atomic E-state index is 14.1. The Bertz CT molecular complexity index is 1360. The van der Waals surface area contributed by atoms with Crippen LogP contribution in [0.5, 0.6) is 5.88 Å². The lowest BCUT2D eigenvalue weighted by Crippen LogP contribution is -2.45. The molecule has 3 aromatic rings. The number of halogens is 2. The Morgan fingerprint density at radius 1 is 0.977 bits per heavy atom. The summed E-state index contributed by atoms with van der Waals surface area (Å²) in [6.45, 7) is 9.52. The molecular formula is C31H41F2N7O3. The van der Waals surface area contributed by atoms with Crippen LogP contribution in [0.4, 0.5) is 19.4 Å². The maximum Gasteiger partial charge on any atom is 0.320 e. The number of piperazine rings is 1. The highest BCUT2D eigenvalue weighted by Gasteiger charge is 2.35. The van der Waals surface area contributed by atoms with Crippen LogP contribution >= 0.6 is 0 Å². The van der Waals surface area contributed by atoms with Crippen molar-refractivity contribution in [1.82, 2.24) is 29.8 Å². The molecule has 232 valence electrons. The molecule has 2 aliphatic rings. The Morgan fingerprint density at radius 3 is 2.44 bits per heavy atom. The number of hydrogen-bond donors (Lipinski definition) is 2. The Hall–Kier alpha value is -3.58. The average Bonchev–Trinajstić information content (AvgIpc) is 3.55. The van der Waals surface area contributed by atoms with Gasteiger partial charge in [0.2, 0.25) is 5.88 Å². The van der Waals surface area contributed by atoms with Crippen LogP contribution in [0.3, 0.4) is 0 Å². The number of urea groups is 1. The summed E-state index contributed by atoms with van der Waals surface area (Å²) in [7, 11) is 3.76. The van der Waals surface area contributed by atoms with Gasteiger partial charge in [-0.2, -0.15) is 0 Å². The van der Waals surface area contributed by atoms with Gasteiger partial charge < -0.3 is 19.7 Å². The molecule has 2 amide bonds. The van der Waals surface area contributed by atoms with E-state index >= 15 is 0 Å². The molecule has 3 heterocycles. The number of rotatable bonds is 11. The molecule has 0 bridgehead atoms. The van der Waals surface area contributed by atoms with E-state index in [9.17, 15) is 13.6 Å². The lowest BCUT2D eigenvalue weighted by atomic mass is 9.94. The molecule has 1 aromatic heterocycles. The quantitative estimate of drug-likeness (QED) is 0.351. The third kappa shape index (κ3) is 7.69. The average molecular weight is 598 g/mol. The van der Waals surface area contributed by atoms with E-state index in [1.54, 1.807) is 17.9 Å². The van der Waals surface area contributed by atoms with Gasteiger partial charge in [-0.15, -0.1) is 5.10 Å². The summed E-state index contributed by atoms with van der Waals surface area (Å²) in [6.07, 6.45) is 0. The molecule has 0 aliphatic carbocycles. The van der Waals surface area contributed by atoms with Crippen LogP contribution < -0.4 is 15.4 Å². The molecule has 0 radical (unpaired) electrons. The molecule has 2 unspecified atom stereocenters. The fraction of sp³-hybridized carbons (Fsp3) is 0.484. The minimum Gasteiger partial charge on any atom is -0.475 e. The Balaban J connectivity index is 1.31. The van der Waals surface area contributed by atoms with Crippen LogP contribution in [0, 0.1) is 18.6 Å². The molecule has 2 saturated heterocycles. The molecule has 2 aromatic carbocycles. The largest absolute Gasteiger partial charge is 0.475 e. The van der Waals surface area contributed by atoms with Gasteiger partial charge in [-0.25, -0.2) is 18.3 Å². The van der Waals surface area contributed by atoms with E-state index in [1.165, 1.54) is 6.07 Å². The van der Waals surface area contributed by atoms with E-state index in [2.05, 4.69) is 32.4 Å². The summed E-state index contributed by atoms with van der Waals surface area (Å²) >= 11 is 0. The number of nitrogens with one attached hydrogen (secondary N) is 2. The molecule has 2 aliphatic heterocycles. The number of carbonyl (C=O) groups excluding carboxylic acids is 1. The van der Waals surface area contributed by atoms with Crippen LogP contribution in [0.25, 0.3) is 5.69 Å². The van der Waals surface area contributed by atoms with Crippen LogP contribution in [-0.2, 0) is 4.74 Å². The number of carbonyl (C=O) groups is 1. The minimum atomic E-state index is -0.904. The Morgan fingerprint density at radius 2 is 1.72 bits per heavy atom. The molecule has 12 heteroatoms.